The summed E-state index contributed by atoms with van der Waals surface area (Å²) < 4.78 is 5.47. The number of ether oxygens (including phenoxy) is 1. The van der Waals surface area contributed by atoms with Crippen molar-refractivity contribution in [2.75, 3.05) is 26.2 Å². The Morgan fingerprint density at radius 3 is 3.00 bits per heavy atom. The zero-order valence-corrected chi connectivity index (χ0v) is 11.6. The zero-order chi connectivity index (χ0) is 13.5. The fourth-order valence-corrected chi connectivity index (χ4v) is 1.87. The molecule has 0 radical (unpaired) electrons. The number of nitrogens with one attached hydrogen (secondary N) is 2. The molecule has 0 bridgehead atoms. The molecule has 0 heterocycles. The highest BCUT2D eigenvalue weighted by molar-refractivity contribution is 6.30. The van der Waals surface area contributed by atoms with Gasteiger partial charge in [0, 0.05) is 5.02 Å². The van der Waals surface area contributed by atoms with E-state index in [4.69, 9.17) is 16.3 Å². The van der Waals surface area contributed by atoms with Crippen molar-refractivity contribution in [2.24, 2.45) is 5.92 Å². The van der Waals surface area contributed by atoms with Gasteiger partial charge in [0.15, 0.2) is 0 Å². The third-order valence-electron chi connectivity index (χ3n) is 2.90. The molecule has 1 fully saturated rings. The highest BCUT2D eigenvalue weighted by atomic mass is 35.5. The third-order valence-corrected chi connectivity index (χ3v) is 3.14. The fourth-order valence-electron chi connectivity index (χ4n) is 1.69. The largest absolute Gasteiger partial charge is 0.492 e. The van der Waals surface area contributed by atoms with E-state index in [2.05, 4.69) is 10.6 Å². The lowest BCUT2D eigenvalue weighted by Gasteiger charge is -2.08. The van der Waals surface area contributed by atoms with E-state index in [9.17, 15) is 4.79 Å². The lowest BCUT2D eigenvalue weighted by molar-refractivity contribution is -0.120. The molecule has 19 heavy (non-hydrogen) atoms. The number of amides is 1. The topological polar surface area (TPSA) is 50.4 Å². The highest BCUT2D eigenvalue weighted by Crippen LogP contribution is 2.27. The maximum Gasteiger partial charge on any atom is 0.234 e. The Labute approximate surface area is 118 Å². The van der Waals surface area contributed by atoms with Crippen molar-refractivity contribution in [3.8, 4) is 5.75 Å². The molecule has 5 heteroatoms. The van der Waals surface area contributed by atoms with E-state index in [1.54, 1.807) is 12.1 Å². The first-order chi connectivity index (χ1) is 9.24. The van der Waals surface area contributed by atoms with Crippen LogP contribution in [0.1, 0.15) is 12.8 Å². The molecule has 1 aromatic rings. The van der Waals surface area contributed by atoms with Gasteiger partial charge in [-0.2, -0.15) is 0 Å². The summed E-state index contributed by atoms with van der Waals surface area (Å²) in [7, 11) is 0. The zero-order valence-electron chi connectivity index (χ0n) is 10.8. The van der Waals surface area contributed by atoms with E-state index in [1.807, 2.05) is 12.1 Å². The van der Waals surface area contributed by atoms with Crippen molar-refractivity contribution in [1.29, 1.82) is 0 Å². The molecule has 1 aliphatic carbocycles. The highest BCUT2D eigenvalue weighted by Gasteiger charge is 2.20. The van der Waals surface area contributed by atoms with E-state index in [-0.39, 0.29) is 5.91 Å². The van der Waals surface area contributed by atoms with Crippen LogP contribution in [0.3, 0.4) is 0 Å². The normalized spacial score (nSPS) is 14.2. The lowest BCUT2D eigenvalue weighted by atomic mass is 10.3. The van der Waals surface area contributed by atoms with Crippen LogP contribution in [0.5, 0.6) is 5.75 Å². The predicted molar refractivity (Wildman–Crippen MR) is 75.6 cm³/mol. The van der Waals surface area contributed by atoms with Crippen LogP contribution in [0, 0.1) is 5.92 Å². The summed E-state index contributed by atoms with van der Waals surface area (Å²) >= 11 is 5.84. The molecule has 0 aromatic heterocycles. The van der Waals surface area contributed by atoms with Crippen molar-refractivity contribution >= 4 is 17.5 Å². The molecule has 0 unspecified atom stereocenters. The quantitative estimate of drug-likeness (QED) is 0.715. The van der Waals surface area contributed by atoms with Crippen LogP contribution in [-0.2, 0) is 4.79 Å². The summed E-state index contributed by atoms with van der Waals surface area (Å²) in [6.45, 7) is 2.27. The summed E-state index contributed by atoms with van der Waals surface area (Å²) in [6.07, 6.45) is 2.59. The average Bonchev–Trinajstić information content (AvgIpc) is 3.19. The summed E-state index contributed by atoms with van der Waals surface area (Å²) in [5.74, 6) is 1.52. The minimum atomic E-state index is 0.00958. The van der Waals surface area contributed by atoms with Gasteiger partial charge >= 0.3 is 0 Å². The first-order valence-corrected chi connectivity index (χ1v) is 6.97. The van der Waals surface area contributed by atoms with Gasteiger partial charge in [0.25, 0.3) is 0 Å². The molecule has 0 aliphatic heterocycles. The van der Waals surface area contributed by atoms with Crippen LogP contribution in [0.25, 0.3) is 0 Å². The van der Waals surface area contributed by atoms with Gasteiger partial charge in [-0.3, -0.25) is 4.79 Å². The van der Waals surface area contributed by atoms with Gasteiger partial charge in [-0.1, -0.05) is 17.7 Å². The Balaban J connectivity index is 1.51. The van der Waals surface area contributed by atoms with Crippen molar-refractivity contribution in [2.45, 2.75) is 12.8 Å². The van der Waals surface area contributed by atoms with Crippen LogP contribution in [0.4, 0.5) is 0 Å². The molecule has 2 N–H and O–H groups in total. The second kappa shape index (κ2) is 7.36. The van der Waals surface area contributed by atoms with Crippen molar-refractivity contribution in [3.05, 3.63) is 29.3 Å². The standard InChI is InChI=1S/C14H19ClN2O2/c15-12-2-1-3-13(8-12)19-7-6-17-14(18)10-16-9-11-4-5-11/h1-3,8,11,16H,4-7,9-10H2,(H,17,18). The van der Waals surface area contributed by atoms with Gasteiger partial charge in [-0.15, -0.1) is 0 Å². The molecular formula is C14H19ClN2O2. The van der Waals surface area contributed by atoms with Crippen molar-refractivity contribution < 1.29 is 9.53 Å². The predicted octanol–water partition coefficient (Wildman–Crippen LogP) is 1.83. The molecular weight excluding hydrogens is 264 g/mol. The van der Waals surface area contributed by atoms with Gasteiger partial charge in [-0.05, 0) is 43.5 Å². The van der Waals surface area contributed by atoms with Crippen LogP contribution in [0.15, 0.2) is 24.3 Å². The first-order valence-electron chi connectivity index (χ1n) is 6.60. The Kier molecular flexibility index (Phi) is 5.48. The van der Waals surface area contributed by atoms with Crippen molar-refractivity contribution in [3.63, 3.8) is 0 Å². The van der Waals surface area contributed by atoms with E-state index in [0.29, 0.717) is 30.5 Å². The molecule has 1 saturated carbocycles. The molecule has 4 nitrogen and oxygen atoms in total. The number of benzene rings is 1. The Morgan fingerprint density at radius 1 is 1.42 bits per heavy atom. The van der Waals surface area contributed by atoms with Gasteiger partial charge in [0.05, 0.1) is 13.1 Å². The lowest BCUT2D eigenvalue weighted by Crippen LogP contribution is -2.36. The molecule has 1 aliphatic rings. The van der Waals surface area contributed by atoms with Gasteiger partial charge in [0.1, 0.15) is 12.4 Å². The maximum atomic E-state index is 11.5. The molecule has 2 rings (SSSR count). The summed E-state index contributed by atoms with van der Waals surface area (Å²) in [5.41, 5.74) is 0. The minimum Gasteiger partial charge on any atom is -0.492 e. The third kappa shape index (κ3) is 5.94. The number of hydrogen-bond donors (Lipinski definition) is 2. The number of carbonyl (C=O) groups is 1. The first kappa shape index (κ1) is 14.2. The Morgan fingerprint density at radius 2 is 2.26 bits per heavy atom. The molecule has 0 spiro atoms. The number of carbonyl (C=O) groups excluding carboxylic acids is 1. The van der Waals surface area contributed by atoms with E-state index >= 15 is 0 Å². The van der Waals surface area contributed by atoms with E-state index < -0.39 is 0 Å². The van der Waals surface area contributed by atoms with Gasteiger partial charge in [-0.25, -0.2) is 0 Å². The average molecular weight is 283 g/mol. The van der Waals surface area contributed by atoms with Gasteiger partial charge in [0.2, 0.25) is 5.91 Å². The SMILES string of the molecule is O=C(CNCC1CC1)NCCOc1cccc(Cl)c1. The molecule has 104 valence electrons. The molecule has 1 aromatic carbocycles. The molecule has 0 saturated heterocycles. The monoisotopic (exact) mass is 282 g/mol. The van der Waals surface area contributed by atoms with E-state index in [0.717, 1.165) is 12.5 Å². The van der Waals surface area contributed by atoms with Crippen LogP contribution < -0.4 is 15.4 Å². The van der Waals surface area contributed by atoms with Gasteiger partial charge < -0.3 is 15.4 Å². The summed E-state index contributed by atoms with van der Waals surface area (Å²) in [4.78, 5) is 11.5. The second-order valence-corrected chi connectivity index (χ2v) is 5.17. The van der Waals surface area contributed by atoms with Crippen LogP contribution >= 0.6 is 11.6 Å². The fraction of sp³-hybridized carbons (Fsp3) is 0.500. The van der Waals surface area contributed by atoms with Crippen LogP contribution in [-0.4, -0.2) is 32.1 Å². The molecule has 1 amide bonds. The smallest absolute Gasteiger partial charge is 0.234 e. The summed E-state index contributed by atoms with van der Waals surface area (Å²) in [6, 6.07) is 7.21. The number of hydrogen-bond acceptors (Lipinski definition) is 3. The Hall–Kier alpha value is -1.26. The van der Waals surface area contributed by atoms with Crippen LogP contribution in [0.2, 0.25) is 5.02 Å². The second-order valence-electron chi connectivity index (χ2n) is 4.73. The maximum absolute atomic E-state index is 11.5. The molecule has 0 atom stereocenters. The van der Waals surface area contributed by atoms with Crippen molar-refractivity contribution in [1.82, 2.24) is 10.6 Å². The number of rotatable bonds is 8. The minimum absolute atomic E-state index is 0.00958. The Bertz CT molecular complexity index is 422. The summed E-state index contributed by atoms with van der Waals surface area (Å²) in [5, 5.41) is 6.59. The van der Waals surface area contributed by atoms with E-state index in [1.165, 1.54) is 12.8 Å². The number of halogens is 1.